The van der Waals surface area contributed by atoms with Crippen molar-refractivity contribution in [1.29, 1.82) is 0 Å². The fourth-order valence-electron chi connectivity index (χ4n) is 4.58. The van der Waals surface area contributed by atoms with E-state index in [1.807, 2.05) is 0 Å². The van der Waals surface area contributed by atoms with Crippen LogP contribution in [-0.2, 0) is 13.0 Å². The summed E-state index contributed by atoms with van der Waals surface area (Å²) in [7, 11) is 1.48. The number of carbonyl (C=O) groups is 1. The van der Waals surface area contributed by atoms with Crippen LogP contribution in [0.1, 0.15) is 21.6 Å². The van der Waals surface area contributed by atoms with Gasteiger partial charge in [0.05, 0.1) is 24.4 Å². The Balaban J connectivity index is 1.45. The van der Waals surface area contributed by atoms with Crippen molar-refractivity contribution in [3.8, 4) is 28.4 Å². The Kier molecular flexibility index (Phi) is 7.94. The summed E-state index contributed by atoms with van der Waals surface area (Å²) in [5.41, 5.74) is -0.430. The SMILES string of the molecule is COc1cnc2c(Oc3ccc(CC(=O)c4cn(CC(F)(F)F)c(C)c(-c5ccc(F)cc5)c4=O)cc3F)ccnc2c1. The summed E-state index contributed by atoms with van der Waals surface area (Å²) in [5.74, 6) is -1.74. The highest BCUT2D eigenvalue weighted by atomic mass is 19.4. The maximum absolute atomic E-state index is 15.1. The Labute approximate surface area is 241 Å². The lowest BCUT2D eigenvalue weighted by atomic mass is 9.97. The molecule has 5 aromatic rings. The largest absolute Gasteiger partial charge is 0.495 e. The number of carbonyl (C=O) groups excluding carboxylic acids is 1. The van der Waals surface area contributed by atoms with Gasteiger partial charge >= 0.3 is 6.18 Å². The van der Waals surface area contributed by atoms with Crippen molar-refractivity contribution in [2.45, 2.75) is 26.1 Å². The van der Waals surface area contributed by atoms with E-state index in [1.165, 1.54) is 56.8 Å². The van der Waals surface area contributed by atoms with Crippen LogP contribution in [0.5, 0.6) is 17.2 Å². The first kappa shape index (κ1) is 29.4. The third kappa shape index (κ3) is 6.37. The van der Waals surface area contributed by atoms with Crippen molar-refractivity contribution >= 4 is 16.8 Å². The molecule has 0 unspecified atom stereocenters. The van der Waals surface area contributed by atoms with Crippen molar-refractivity contribution in [1.82, 2.24) is 14.5 Å². The second kappa shape index (κ2) is 11.6. The highest BCUT2D eigenvalue weighted by Crippen LogP contribution is 2.31. The average molecular weight is 596 g/mol. The van der Waals surface area contributed by atoms with Crippen molar-refractivity contribution in [3.05, 3.63) is 112 Å². The van der Waals surface area contributed by atoms with Gasteiger partial charge in [-0.25, -0.2) is 13.8 Å². The number of Topliss-reactive ketones (excluding diaryl/α,β-unsaturated/α-hetero) is 1. The van der Waals surface area contributed by atoms with Crippen LogP contribution in [0.2, 0.25) is 0 Å². The molecule has 0 spiro atoms. The highest BCUT2D eigenvalue weighted by molar-refractivity contribution is 5.98. The first-order chi connectivity index (χ1) is 20.4. The fourth-order valence-corrected chi connectivity index (χ4v) is 4.58. The predicted molar refractivity (Wildman–Crippen MR) is 147 cm³/mol. The smallest absolute Gasteiger partial charge is 0.406 e. The lowest BCUT2D eigenvalue weighted by molar-refractivity contribution is -0.141. The number of ketones is 1. The van der Waals surface area contributed by atoms with Gasteiger partial charge in [0.15, 0.2) is 28.5 Å². The Morgan fingerprint density at radius 1 is 0.977 bits per heavy atom. The summed E-state index contributed by atoms with van der Waals surface area (Å²) in [6.07, 6.45) is -1.37. The number of ether oxygens (including phenoxy) is 2. The molecule has 12 heteroatoms. The maximum atomic E-state index is 15.1. The van der Waals surface area contributed by atoms with Gasteiger partial charge in [0, 0.05) is 42.2 Å². The van der Waals surface area contributed by atoms with E-state index in [-0.39, 0.29) is 33.9 Å². The maximum Gasteiger partial charge on any atom is 0.406 e. The molecule has 0 fully saturated rings. The zero-order valence-electron chi connectivity index (χ0n) is 22.7. The molecule has 0 atom stereocenters. The molecule has 7 nitrogen and oxygen atoms in total. The van der Waals surface area contributed by atoms with Gasteiger partial charge in [-0.05, 0) is 42.3 Å². The van der Waals surface area contributed by atoms with E-state index in [4.69, 9.17) is 9.47 Å². The Hall–Kier alpha value is -5.13. The van der Waals surface area contributed by atoms with Gasteiger partial charge in [0.1, 0.15) is 23.6 Å². The van der Waals surface area contributed by atoms with Crippen LogP contribution in [0.25, 0.3) is 22.2 Å². The molecule has 0 aliphatic heterocycles. The number of methoxy groups -OCH3 is 1. The molecule has 0 saturated heterocycles. The Bertz CT molecular complexity index is 1900. The average Bonchev–Trinajstić information content (AvgIpc) is 2.96. The van der Waals surface area contributed by atoms with E-state index in [0.717, 1.165) is 29.0 Å². The van der Waals surface area contributed by atoms with Gasteiger partial charge in [-0.1, -0.05) is 18.2 Å². The van der Waals surface area contributed by atoms with Crippen molar-refractivity contribution in [2.75, 3.05) is 7.11 Å². The third-order valence-electron chi connectivity index (χ3n) is 6.66. The lowest BCUT2D eigenvalue weighted by Crippen LogP contribution is -2.27. The topological polar surface area (TPSA) is 83.3 Å². The van der Waals surface area contributed by atoms with Crippen LogP contribution >= 0.6 is 0 Å². The number of alkyl halides is 3. The first-order valence-corrected chi connectivity index (χ1v) is 12.8. The summed E-state index contributed by atoms with van der Waals surface area (Å²) in [6, 6.07) is 11.5. The Morgan fingerprint density at radius 3 is 2.40 bits per heavy atom. The molecule has 0 aliphatic rings. The zero-order chi connectivity index (χ0) is 30.9. The van der Waals surface area contributed by atoms with Gasteiger partial charge < -0.3 is 14.0 Å². The Morgan fingerprint density at radius 2 is 1.72 bits per heavy atom. The molecule has 0 N–H and O–H groups in total. The van der Waals surface area contributed by atoms with E-state index < -0.39 is 47.6 Å². The molecule has 3 heterocycles. The number of benzene rings is 2. The molecule has 5 rings (SSSR count). The van der Waals surface area contributed by atoms with Crippen LogP contribution in [-0.4, -0.2) is 33.6 Å². The highest BCUT2D eigenvalue weighted by Gasteiger charge is 2.30. The lowest BCUT2D eigenvalue weighted by Gasteiger charge is -2.18. The molecule has 0 bridgehead atoms. The molecular formula is C31H22F5N3O4. The first-order valence-electron chi connectivity index (χ1n) is 12.8. The number of aromatic nitrogens is 3. The molecule has 220 valence electrons. The van der Waals surface area contributed by atoms with Gasteiger partial charge in [-0.3, -0.25) is 14.6 Å². The van der Waals surface area contributed by atoms with Crippen LogP contribution in [0, 0.1) is 18.6 Å². The number of hydrogen-bond donors (Lipinski definition) is 0. The molecule has 2 aromatic carbocycles. The fraction of sp³-hybridized carbons (Fsp3) is 0.161. The molecular weight excluding hydrogens is 573 g/mol. The van der Waals surface area contributed by atoms with Crippen LogP contribution in [0.3, 0.4) is 0 Å². The number of hydrogen-bond acceptors (Lipinski definition) is 6. The minimum atomic E-state index is -4.65. The molecule has 0 aliphatic carbocycles. The van der Waals surface area contributed by atoms with Gasteiger partial charge in [0.25, 0.3) is 0 Å². The third-order valence-corrected chi connectivity index (χ3v) is 6.66. The summed E-state index contributed by atoms with van der Waals surface area (Å²) in [6.45, 7) is -0.147. The predicted octanol–water partition coefficient (Wildman–Crippen LogP) is 6.83. The van der Waals surface area contributed by atoms with Crippen molar-refractivity contribution in [2.24, 2.45) is 0 Å². The van der Waals surface area contributed by atoms with Crippen LogP contribution in [0.15, 0.2) is 78.0 Å². The minimum absolute atomic E-state index is 0.0467. The van der Waals surface area contributed by atoms with Crippen LogP contribution in [0.4, 0.5) is 22.0 Å². The minimum Gasteiger partial charge on any atom is -0.495 e. The van der Waals surface area contributed by atoms with Crippen molar-refractivity contribution in [3.63, 3.8) is 0 Å². The number of rotatable bonds is 8. The van der Waals surface area contributed by atoms with E-state index in [1.54, 1.807) is 6.07 Å². The molecule has 0 saturated carbocycles. The zero-order valence-corrected chi connectivity index (χ0v) is 22.7. The van der Waals surface area contributed by atoms with E-state index >= 15 is 4.39 Å². The van der Waals surface area contributed by atoms with E-state index in [2.05, 4.69) is 9.97 Å². The normalized spacial score (nSPS) is 11.5. The molecule has 0 radical (unpaired) electrons. The summed E-state index contributed by atoms with van der Waals surface area (Å²) >= 11 is 0. The van der Waals surface area contributed by atoms with Gasteiger partial charge in [0.2, 0.25) is 0 Å². The van der Waals surface area contributed by atoms with E-state index in [9.17, 15) is 27.2 Å². The second-order valence-electron chi connectivity index (χ2n) is 9.60. The summed E-state index contributed by atoms with van der Waals surface area (Å²) < 4.78 is 80.2. The standard InChI is InChI=1S/C31H22F5N3O4/c1-17-28(19-4-6-20(32)7-5-19)30(41)22(15-39(17)16-31(34,35)36)25(40)12-18-3-8-26(23(33)11-18)43-27-9-10-37-24-13-21(42-2)14-38-29(24)27/h3-11,13-15H,12,16H2,1-2H3. The quantitative estimate of drug-likeness (QED) is 0.144. The molecule has 3 aromatic heterocycles. The molecule has 0 amide bonds. The number of pyridine rings is 3. The number of fused-ring (bicyclic) bond motifs is 1. The summed E-state index contributed by atoms with van der Waals surface area (Å²) in [5, 5.41) is 0. The van der Waals surface area contributed by atoms with Gasteiger partial charge in [-0.2, -0.15) is 13.2 Å². The van der Waals surface area contributed by atoms with E-state index in [0.29, 0.717) is 16.8 Å². The summed E-state index contributed by atoms with van der Waals surface area (Å²) in [4.78, 5) is 35.1. The molecule has 43 heavy (non-hydrogen) atoms. The monoisotopic (exact) mass is 595 g/mol. The second-order valence-corrected chi connectivity index (χ2v) is 9.60. The van der Waals surface area contributed by atoms with Crippen molar-refractivity contribution < 1.29 is 36.2 Å². The number of nitrogens with zero attached hydrogens (tertiary/aromatic N) is 3. The van der Waals surface area contributed by atoms with Crippen LogP contribution < -0.4 is 14.9 Å². The van der Waals surface area contributed by atoms with Gasteiger partial charge in [-0.15, -0.1) is 0 Å². The number of halogens is 5.